The van der Waals surface area contributed by atoms with E-state index in [0.29, 0.717) is 18.9 Å². The third-order valence-corrected chi connectivity index (χ3v) is 4.90. The molecule has 0 aliphatic carbocycles. The number of fused-ring (bicyclic) bond motifs is 1. The maximum atomic E-state index is 13.1. The Morgan fingerprint density at radius 3 is 2.30 bits per heavy atom. The molecule has 0 atom stereocenters. The Kier molecular flexibility index (Phi) is 5.50. The van der Waals surface area contributed by atoms with E-state index in [-0.39, 0.29) is 11.8 Å². The lowest BCUT2D eigenvalue weighted by Gasteiger charge is -2.35. The van der Waals surface area contributed by atoms with Gasteiger partial charge in [-0.2, -0.15) is 17.7 Å². The predicted molar refractivity (Wildman–Crippen MR) is 105 cm³/mol. The van der Waals surface area contributed by atoms with Gasteiger partial charge in [0.15, 0.2) is 5.65 Å². The van der Waals surface area contributed by atoms with Crippen LogP contribution in [0.1, 0.15) is 25.2 Å². The number of benzene rings is 1. The number of rotatable bonds is 5. The van der Waals surface area contributed by atoms with Gasteiger partial charge in [-0.05, 0) is 43.7 Å². The molecule has 10 heteroatoms. The highest BCUT2D eigenvalue weighted by Crippen LogP contribution is 2.28. The molecule has 3 heterocycles. The molecule has 0 bridgehead atoms. The highest BCUT2D eigenvalue weighted by Gasteiger charge is 2.37. The number of hydrogen-bond donors (Lipinski definition) is 0. The molecule has 30 heavy (non-hydrogen) atoms. The monoisotopic (exact) mass is 420 g/mol. The van der Waals surface area contributed by atoms with Gasteiger partial charge in [-0.1, -0.05) is 12.1 Å². The fourth-order valence-electron chi connectivity index (χ4n) is 3.46. The molecule has 0 saturated carbocycles. The Morgan fingerprint density at radius 1 is 0.967 bits per heavy atom. The van der Waals surface area contributed by atoms with Crippen molar-refractivity contribution >= 4 is 11.5 Å². The van der Waals surface area contributed by atoms with Gasteiger partial charge in [0.05, 0.1) is 6.10 Å². The number of anilines is 1. The van der Waals surface area contributed by atoms with Gasteiger partial charge in [0.1, 0.15) is 11.6 Å². The SMILES string of the molecule is CC(C)Oc1ccc(CN2CCN(c3ccc4nnc(C(F)(F)F)n4n3)CC2)cc1. The van der Waals surface area contributed by atoms with Crippen LogP contribution in [0.2, 0.25) is 0 Å². The number of aromatic nitrogens is 4. The van der Waals surface area contributed by atoms with E-state index < -0.39 is 12.0 Å². The molecule has 2 aromatic heterocycles. The first-order chi connectivity index (χ1) is 14.3. The van der Waals surface area contributed by atoms with Crippen molar-refractivity contribution in [3.8, 4) is 5.75 Å². The molecular weight excluding hydrogens is 397 g/mol. The number of hydrogen-bond acceptors (Lipinski definition) is 6. The molecule has 7 nitrogen and oxygen atoms in total. The smallest absolute Gasteiger partial charge is 0.453 e. The largest absolute Gasteiger partial charge is 0.491 e. The molecule has 0 N–H and O–H groups in total. The van der Waals surface area contributed by atoms with Crippen LogP contribution in [0.15, 0.2) is 36.4 Å². The molecule has 160 valence electrons. The lowest BCUT2D eigenvalue weighted by atomic mass is 10.2. The summed E-state index contributed by atoms with van der Waals surface area (Å²) in [5.41, 5.74) is 1.27. The van der Waals surface area contributed by atoms with Crippen LogP contribution in [0.3, 0.4) is 0 Å². The van der Waals surface area contributed by atoms with Crippen LogP contribution in [-0.2, 0) is 12.7 Å². The quantitative estimate of drug-likeness (QED) is 0.632. The molecule has 4 rings (SSSR count). The number of alkyl halides is 3. The molecule has 3 aromatic rings. The minimum atomic E-state index is -4.60. The molecule has 1 fully saturated rings. The van der Waals surface area contributed by atoms with Gasteiger partial charge in [0.2, 0.25) is 0 Å². The Hall–Kier alpha value is -2.88. The van der Waals surface area contributed by atoms with Crippen LogP contribution in [0.4, 0.5) is 19.0 Å². The van der Waals surface area contributed by atoms with Crippen molar-refractivity contribution in [2.45, 2.75) is 32.7 Å². The van der Waals surface area contributed by atoms with Crippen molar-refractivity contribution in [1.82, 2.24) is 24.7 Å². The highest BCUT2D eigenvalue weighted by atomic mass is 19.4. The van der Waals surface area contributed by atoms with Gasteiger partial charge in [-0.25, -0.2) is 0 Å². The maximum Gasteiger partial charge on any atom is 0.453 e. The lowest BCUT2D eigenvalue weighted by molar-refractivity contribution is -0.146. The van der Waals surface area contributed by atoms with Crippen LogP contribution in [0, 0.1) is 0 Å². The van der Waals surface area contributed by atoms with Crippen LogP contribution >= 0.6 is 0 Å². The van der Waals surface area contributed by atoms with E-state index >= 15 is 0 Å². The summed E-state index contributed by atoms with van der Waals surface area (Å²) >= 11 is 0. The van der Waals surface area contributed by atoms with E-state index in [4.69, 9.17) is 4.74 Å². The zero-order chi connectivity index (χ0) is 21.3. The van der Waals surface area contributed by atoms with Gasteiger partial charge in [0, 0.05) is 32.7 Å². The average molecular weight is 420 g/mol. The van der Waals surface area contributed by atoms with E-state index in [1.807, 2.05) is 30.9 Å². The summed E-state index contributed by atoms with van der Waals surface area (Å²) in [7, 11) is 0. The summed E-state index contributed by atoms with van der Waals surface area (Å²) in [6, 6.07) is 11.3. The van der Waals surface area contributed by atoms with Crippen molar-refractivity contribution in [3.05, 3.63) is 47.8 Å². The first kappa shape index (κ1) is 20.4. The fourth-order valence-corrected chi connectivity index (χ4v) is 3.46. The van der Waals surface area contributed by atoms with Gasteiger partial charge < -0.3 is 9.64 Å². The number of ether oxygens (including phenoxy) is 1. The van der Waals surface area contributed by atoms with E-state index in [1.54, 1.807) is 6.07 Å². The summed E-state index contributed by atoms with van der Waals surface area (Å²) < 4.78 is 45.7. The Bertz CT molecular complexity index is 994. The van der Waals surface area contributed by atoms with Crippen LogP contribution < -0.4 is 9.64 Å². The second-order valence-electron chi connectivity index (χ2n) is 7.56. The normalized spacial score (nSPS) is 15.9. The minimum absolute atomic E-state index is 0.0783. The van der Waals surface area contributed by atoms with Gasteiger partial charge in [0.25, 0.3) is 5.82 Å². The second kappa shape index (κ2) is 8.10. The summed E-state index contributed by atoms with van der Waals surface area (Å²) in [5, 5.41) is 10.9. The lowest BCUT2D eigenvalue weighted by Crippen LogP contribution is -2.46. The minimum Gasteiger partial charge on any atom is -0.491 e. The van der Waals surface area contributed by atoms with Crippen LogP contribution in [0.25, 0.3) is 5.65 Å². The predicted octanol–water partition coefficient (Wildman–Crippen LogP) is 3.25. The van der Waals surface area contributed by atoms with E-state index in [0.717, 1.165) is 29.9 Å². The molecule has 0 unspecified atom stereocenters. The third-order valence-electron chi connectivity index (χ3n) is 4.90. The molecule has 1 saturated heterocycles. The van der Waals surface area contributed by atoms with Crippen molar-refractivity contribution in [2.75, 3.05) is 31.1 Å². The van der Waals surface area contributed by atoms with Crippen molar-refractivity contribution in [3.63, 3.8) is 0 Å². The first-order valence-corrected chi connectivity index (χ1v) is 9.82. The fraction of sp³-hybridized carbons (Fsp3) is 0.450. The molecule has 1 aliphatic heterocycles. The Morgan fingerprint density at radius 2 is 1.67 bits per heavy atom. The molecule has 1 aromatic carbocycles. The standard InChI is InChI=1S/C20H23F3N6O/c1-14(2)30-16-5-3-15(4-6-16)13-27-9-11-28(12-10-27)18-8-7-17-24-25-19(20(21,22)23)29(17)26-18/h3-8,14H,9-13H2,1-2H3. The third kappa shape index (κ3) is 4.48. The Balaban J connectivity index is 1.38. The zero-order valence-corrected chi connectivity index (χ0v) is 16.8. The van der Waals surface area contributed by atoms with Gasteiger partial charge in [-0.3, -0.25) is 4.90 Å². The van der Waals surface area contributed by atoms with E-state index in [9.17, 15) is 13.2 Å². The summed E-state index contributed by atoms with van der Waals surface area (Å²) in [4.78, 5) is 4.29. The van der Waals surface area contributed by atoms with E-state index in [2.05, 4.69) is 32.3 Å². The summed E-state index contributed by atoms with van der Waals surface area (Å²) in [6.07, 6.45) is -4.46. The molecule has 0 spiro atoms. The van der Waals surface area contributed by atoms with Crippen molar-refractivity contribution < 1.29 is 17.9 Å². The second-order valence-corrected chi connectivity index (χ2v) is 7.56. The van der Waals surface area contributed by atoms with Crippen LogP contribution in [-0.4, -0.2) is 57.0 Å². The molecule has 0 amide bonds. The molecular formula is C20H23F3N6O. The summed E-state index contributed by atoms with van der Waals surface area (Å²) in [5.74, 6) is 0.234. The number of halogens is 3. The van der Waals surface area contributed by atoms with Crippen LogP contribution in [0.5, 0.6) is 5.75 Å². The maximum absolute atomic E-state index is 13.1. The number of nitrogens with zero attached hydrogens (tertiary/aromatic N) is 6. The zero-order valence-electron chi connectivity index (χ0n) is 16.8. The van der Waals surface area contributed by atoms with E-state index in [1.165, 1.54) is 11.6 Å². The molecule has 0 radical (unpaired) electrons. The summed E-state index contributed by atoms with van der Waals surface area (Å²) in [6.45, 7) is 7.73. The number of piperazine rings is 1. The van der Waals surface area contributed by atoms with Crippen molar-refractivity contribution in [2.24, 2.45) is 0 Å². The highest BCUT2D eigenvalue weighted by molar-refractivity contribution is 5.46. The topological polar surface area (TPSA) is 58.8 Å². The van der Waals surface area contributed by atoms with Gasteiger partial charge >= 0.3 is 6.18 Å². The first-order valence-electron chi connectivity index (χ1n) is 9.82. The van der Waals surface area contributed by atoms with Gasteiger partial charge in [-0.15, -0.1) is 15.3 Å². The Labute approximate surface area is 172 Å². The average Bonchev–Trinajstić information content (AvgIpc) is 3.13. The molecule has 1 aliphatic rings. The van der Waals surface area contributed by atoms with Crippen molar-refractivity contribution in [1.29, 1.82) is 0 Å².